The summed E-state index contributed by atoms with van der Waals surface area (Å²) in [5.41, 5.74) is 3.80. The van der Waals surface area contributed by atoms with Crippen LogP contribution in [0.2, 0.25) is 0 Å². The number of nitrogens with one attached hydrogen (secondary N) is 1. The molecule has 1 heterocycles. The van der Waals surface area contributed by atoms with Gasteiger partial charge in [0.15, 0.2) is 6.61 Å². The van der Waals surface area contributed by atoms with Gasteiger partial charge in [0, 0.05) is 13.0 Å². The average molecular weight is 366 g/mol. The van der Waals surface area contributed by atoms with Gasteiger partial charge in [0.05, 0.1) is 11.4 Å². The molecule has 1 fully saturated rings. The van der Waals surface area contributed by atoms with Gasteiger partial charge in [0.2, 0.25) is 5.91 Å². The van der Waals surface area contributed by atoms with Crippen LogP contribution in [0.4, 0.5) is 11.4 Å². The zero-order chi connectivity index (χ0) is 19.4. The van der Waals surface area contributed by atoms with Crippen molar-refractivity contribution in [3.05, 3.63) is 53.6 Å². The lowest BCUT2D eigenvalue weighted by Crippen LogP contribution is -2.26. The molecule has 3 rings (SSSR count). The second kappa shape index (κ2) is 8.25. The van der Waals surface area contributed by atoms with E-state index in [1.165, 1.54) is 5.56 Å². The maximum Gasteiger partial charge on any atom is 0.262 e. The number of para-hydroxylation sites is 2. The van der Waals surface area contributed by atoms with Crippen molar-refractivity contribution in [3.63, 3.8) is 0 Å². The molecule has 1 N–H and O–H groups in total. The predicted octanol–water partition coefficient (Wildman–Crippen LogP) is 4.26. The Morgan fingerprint density at radius 3 is 2.67 bits per heavy atom. The highest BCUT2D eigenvalue weighted by Gasteiger charge is 2.24. The average Bonchev–Trinajstić information content (AvgIpc) is 3.06. The first kappa shape index (κ1) is 19.0. The number of carbonyl (C=O) groups is 2. The largest absolute Gasteiger partial charge is 0.484 e. The number of ether oxygens (including phenoxy) is 1. The maximum absolute atomic E-state index is 12.4. The number of carbonyl (C=O) groups excluding carboxylic acids is 2. The summed E-state index contributed by atoms with van der Waals surface area (Å²) in [5, 5.41) is 2.86. The van der Waals surface area contributed by atoms with Gasteiger partial charge < -0.3 is 15.0 Å². The van der Waals surface area contributed by atoms with Crippen LogP contribution in [0.25, 0.3) is 0 Å². The molecule has 0 radical (unpaired) electrons. The van der Waals surface area contributed by atoms with E-state index in [0.717, 1.165) is 17.7 Å². The highest BCUT2D eigenvalue weighted by Crippen LogP contribution is 2.29. The van der Waals surface area contributed by atoms with E-state index in [-0.39, 0.29) is 18.4 Å². The van der Waals surface area contributed by atoms with Crippen LogP contribution < -0.4 is 15.0 Å². The minimum atomic E-state index is -0.250. The fourth-order valence-electron chi connectivity index (χ4n) is 3.44. The van der Waals surface area contributed by atoms with Gasteiger partial charge in [-0.1, -0.05) is 32.0 Å². The molecule has 142 valence electrons. The zero-order valence-corrected chi connectivity index (χ0v) is 16.1. The van der Waals surface area contributed by atoms with E-state index < -0.39 is 0 Å². The summed E-state index contributed by atoms with van der Waals surface area (Å²) in [6.45, 7) is 6.95. The Hall–Kier alpha value is -2.82. The molecule has 5 heteroatoms. The lowest BCUT2D eigenvalue weighted by molar-refractivity contribution is -0.118. The number of rotatable bonds is 6. The first-order chi connectivity index (χ1) is 13.0. The Kier molecular flexibility index (Phi) is 5.79. The fraction of sp³-hybridized carbons (Fsp3) is 0.364. The first-order valence-corrected chi connectivity index (χ1v) is 9.38. The number of benzene rings is 2. The molecular formula is C22H26N2O3. The molecule has 27 heavy (non-hydrogen) atoms. The molecule has 0 unspecified atom stereocenters. The molecule has 2 amide bonds. The van der Waals surface area contributed by atoms with Gasteiger partial charge in [-0.2, -0.15) is 0 Å². The van der Waals surface area contributed by atoms with Crippen molar-refractivity contribution in [3.8, 4) is 5.75 Å². The van der Waals surface area contributed by atoms with Crippen LogP contribution in [0.1, 0.15) is 43.7 Å². The number of amides is 2. The van der Waals surface area contributed by atoms with Crippen LogP contribution in [0.3, 0.4) is 0 Å². The van der Waals surface area contributed by atoms with Crippen molar-refractivity contribution in [2.45, 2.75) is 39.5 Å². The Balaban J connectivity index is 1.63. The smallest absolute Gasteiger partial charge is 0.262 e. The standard InChI is InChI=1S/C22H26N2O3/c1-15(2)18-11-10-17(13-16(18)3)27-14-21(25)23-19-7-4-5-8-20(19)24-12-6-9-22(24)26/h4-5,7-8,10-11,13,15H,6,9,12,14H2,1-3H3,(H,23,25). The second-order valence-corrected chi connectivity index (χ2v) is 7.18. The third kappa shape index (κ3) is 4.48. The Morgan fingerprint density at radius 1 is 1.22 bits per heavy atom. The quantitative estimate of drug-likeness (QED) is 0.831. The maximum atomic E-state index is 12.4. The summed E-state index contributed by atoms with van der Waals surface area (Å²) in [6, 6.07) is 13.3. The van der Waals surface area contributed by atoms with E-state index in [9.17, 15) is 9.59 Å². The summed E-state index contributed by atoms with van der Waals surface area (Å²) in [5.74, 6) is 0.968. The molecule has 2 aromatic rings. The summed E-state index contributed by atoms with van der Waals surface area (Å²) in [6.07, 6.45) is 1.40. The molecule has 0 spiro atoms. The fourth-order valence-corrected chi connectivity index (χ4v) is 3.44. The van der Waals surface area contributed by atoms with Crippen LogP contribution in [0.15, 0.2) is 42.5 Å². The SMILES string of the molecule is Cc1cc(OCC(=O)Nc2ccccc2N2CCCC2=O)ccc1C(C)C. The van der Waals surface area contributed by atoms with Gasteiger partial charge in [0.25, 0.3) is 5.91 Å². The summed E-state index contributed by atoms with van der Waals surface area (Å²) >= 11 is 0. The first-order valence-electron chi connectivity index (χ1n) is 9.38. The highest BCUT2D eigenvalue weighted by molar-refractivity contribution is 6.02. The zero-order valence-electron chi connectivity index (χ0n) is 16.1. The van der Waals surface area contributed by atoms with Crippen LogP contribution in [-0.2, 0) is 9.59 Å². The van der Waals surface area contributed by atoms with Crippen molar-refractivity contribution in [2.24, 2.45) is 0 Å². The minimum Gasteiger partial charge on any atom is -0.484 e. The van der Waals surface area contributed by atoms with E-state index in [2.05, 4.69) is 19.2 Å². The third-order valence-electron chi connectivity index (χ3n) is 4.78. The van der Waals surface area contributed by atoms with Crippen LogP contribution >= 0.6 is 0 Å². The lowest BCUT2D eigenvalue weighted by Gasteiger charge is -2.20. The van der Waals surface area contributed by atoms with Crippen molar-refractivity contribution >= 4 is 23.2 Å². The third-order valence-corrected chi connectivity index (χ3v) is 4.78. The van der Waals surface area contributed by atoms with Crippen molar-refractivity contribution < 1.29 is 14.3 Å². The molecule has 5 nitrogen and oxygen atoms in total. The van der Waals surface area contributed by atoms with Gasteiger partial charge in [-0.3, -0.25) is 9.59 Å². The van der Waals surface area contributed by atoms with Gasteiger partial charge in [-0.15, -0.1) is 0 Å². The molecule has 2 aromatic carbocycles. The van der Waals surface area contributed by atoms with Gasteiger partial charge in [-0.25, -0.2) is 0 Å². The number of hydrogen-bond acceptors (Lipinski definition) is 3. The summed E-state index contributed by atoms with van der Waals surface area (Å²) in [4.78, 5) is 26.1. The van der Waals surface area contributed by atoms with E-state index >= 15 is 0 Å². The number of hydrogen-bond donors (Lipinski definition) is 1. The molecule has 0 saturated carbocycles. The normalized spacial score (nSPS) is 13.9. The van der Waals surface area contributed by atoms with Crippen LogP contribution in [-0.4, -0.2) is 25.0 Å². The predicted molar refractivity (Wildman–Crippen MR) is 107 cm³/mol. The van der Waals surface area contributed by atoms with Crippen molar-refractivity contribution in [1.82, 2.24) is 0 Å². The molecule has 1 saturated heterocycles. The van der Waals surface area contributed by atoms with Crippen molar-refractivity contribution in [1.29, 1.82) is 0 Å². The van der Waals surface area contributed by atoms with Crippen LogP contribution in [0, 0.1) is 6.92 Å². The summed E-state index contributed by atoms with van der Waals surface area (Å²) in [7, 11) is 0. The molecule has 1 aliphatic rings. The molecule has 0 aromatic heterocycles. The molecule has 0 atom stereocenters. The summed E-state index contributed by atoms with van der Waals surface area (Å²) < 4.78 is 5.65. The van der Waals surface area contributed by atoms with Crippen molar-refractivity contribution in [2.75, 3.05) is 23.4 Å². The van der Waals surface area contributed by atoms with E-state index in [4.69, 9.17) is 4.74 Å². The van der Waals surface area contributed by atoms with E-state index in [0.29, 0.717) is 30.3 Å². The molecule has 0 aliphatic carbocycles. The van der Waals surface area contributed by atoms with Gasteiger partial charge in [0.1, 0.15) is 5.75 Å². The van der Waals surface area contributed by atoms with Crippen LogP contribution in [0.5, 0.6) is 5.75 Å². The number of anilines is 2. The molecule has 0 bridgehead atoms. The van der Waals surface area contributed by atoms with E-state index in [1.807, 2.05) is 43.3 Å². The van der Waals surface area contributed by atoms with Gasteiger partial charge >= 0.3 is 0 Å². The topological polar surface area (TPSA) is 58.6 Å². The number of nitrogens with zero attached hydrogens (tertiary/aromatic N) is 1. The van der Waals surface area contributed by atoms with E-state index in [1.54, 1.807) is 11.0 Å². The highest BCUT2D eigenvalue weighted by atomic mass is 16.5. The Morgan fingerprint density at radius 2 is 2.00 bits per heavy atom. The minimum absolute atomic E-state index is 0.0806. The Bertz CT molecular complexity index is 845. The lowest BCUT2D eigenvalue weighted by atomic mass is 9.98. The molecular weight excluding hydrogens is 340 g/mol. The molecule has 1 aliphatic heterocycles. The monoisotopic (exact) mass is 366 g/mol. The second-order valence-electron chi connectivity index (χ2n) is 7.18. The van der Waals surface area contributed by atoms with Gasteiger partial charge in [-0.05, 0) is 54.7 Å². The number of aryl methyl sites for hydroxylation is 1. The Labute approximate surface area is 160 Å².